The number of piperazine rings is 1. The molecule has 0 aromatic carbocycles. The van der Waals surface area contributed by atoms with Gasteiger partial charge in [0, 0.05) is 51.9 Å². The van der Waals surface area contributed by atoms with Gasteiger partial charge in [-0.1, -0.05) is 0 Å². The summed E-state index contributed by atoms with van der Waals surface area (Å²) in [5.74, 6) is 0.956. The lowest BCUT2D eigenvalue weighted by atomic mass is 9.96. The van der Waals surface area contributed by atoms with Crippen LogP contribution in [0.4, 0.5) is 0 Å². The molecule has 3 rings (SSSR count). The molecule has 0 bridgehead atoms. The average Bonchev–Trinajstić information content (AvgIpc) is 2.39. The van der Waals surface area contributed by atoms with Crippen molar-refractivity contribution >= 4 is 0 Å². The first kappa shape index (κ1) is 13.8. The molecule has 4 heteroatoms. The van der Waals surface area contributed by atoms with Gasteiger partial charge in [0.2, 0.25) is 0 Å². The van der Waals surface area contributed by atoms with E-state index in [-0.39, 0.29) is 0 Å². The molecule has 3 aliphatic rings. The molecule has 0 unspecified atom stereocenters. The van der Waals surface area contributed by atoms with Crippen molar-refractivity contribution in [3.63, 3.8) is 0 Å². The number of hydrogen-bond acceptors (Lipinski definition) is 4. The number of rotatable bonds is 3. The van der Waals surface area contributed by atoms with Crippen LogP contribution in [-0.4, -0.2) is 98.6 Å². The molecule has 0 aliphatic carbocycles. The van der Waals surface area contributed by atoms with Gasteiger partial charge in [0.25, 0.3) is 0 Å². The van der Waals surface area contributed by atoms with Crippen molar-refractivity contribution in [2.24, 2.45) is 5.92 Å². The quantitative estimate of drug-likeness (QED) is 0.726. The van der Waals surface area contributed by atoms with Gasteiger partial charge < -0.3 is 14.7 Å². The van der Waals surface area contributed by atoms with Crippen LogP contribution in [0.2, 0.25) is 0 Å². The lowest BCUT2D eigenvalue weighted by molar-refractivity contribution is 0.0123. The van der Waals surface area contributed by atoms with Crippen LogP contribution in [-0.2, 0) is 0 Å². The fourth-order valence-electron chi connectivity index (χ4n) is 3.82. The smallest absolute Gasteiger partial charge is 0.0351 e. The van der Waals surface area contributed by atoms with Crippen LogP contribution >= 0.6 is 0 Å². The topological polar surface area (TPSA) is 13.0 Å². The third-order valence-electron chi connectivity index (χ3n) is 5.32. The first-order valence-electron chi connectivity index (χ1n) is 8.04. The minimum Gasteiger partial charge on any atom is -0.306 e. The number of nitrogens with zero attached hydrogens (tertiary/aromatic N) is 4. The van der Waals surface area contributed by atoms with Gasteiger partial charge in [0.1, 0.15) is 0 Å². The summed E-state index contributed by atoms with van der Waals surface area (Å²) < 4.78 is 0. The summed E-state index contributed by atoms with van der Waals surface area (Å²) in [4.78, 5) is 10.3. The highest BCUT2D eigenvalue weighted by Crippen LogP contribution is 2.19. The summed E-state index contributed by atoms with van der Waals surface area (Å²) in [7, 11) is 4.48. The van der Waals surface area contributed by atoms with Gasteiger partial charge in [-0.2, -0.15) is 0 Å². The number of hydrogen-bond donors (Lipinski definition) is 0. The summed E-state index contributed by atoms with van der Waals surface area (Å²) in [6, 6.07) is 0.857. The van der Waals surface area contributed by atoms with Crippen molar-refractivity contribution < 1.29 is 0 Å². The summed E-state index contributed by atoms with van der Waals surface area (Å²) in [5.41, 5.74) is 0. The van der Waals surface area contributed by atoms with Crippen molar-refractivity contribution in [1.82, 2.24) is 19.6 Å². The molecular formula is C15H30N4. The molecule has 0 aromatic heterocycles. The van der Waals surface area contributed by atoms with E-state index in [4.69, 9.17) is 0 Å². The average molecular weight is 266 g/mol. The second-order valence-corrected chi connectivity index (χ2v) is 6.96. The van der Waals surface area contributed by atoms with E-state index in [2.05, 4.69) is 33.7 Å². The Morgan fingerprint density at radius 1 is 0.789 bits per heavy atom. The Kier molecular flexibility index (Phi) is 4.42. The molecule has 4 nitrogen and oxygen atoms in total. The molecule has 0 spiro atoms. The van der Waals surface area contributed by atoms with Gasteiger partial charge in [-0.15, -0.1) is 0 Å². The Bertz CT molecular complexity index is 274. The van der Waals surface area contributed by atoms with E-state index in [9.17, 15) is 0 Å². The Balaban J connectivity index is 1.36. The van der Waals surface area contributed by atoms with Crippen molar-refractivity contribution in [2.45, 2.75) is 18.9 Å². The highest BCUT2D eigenvalue weighted by Gasteiger charge is 2.31. The summed E-state index contributed by atoms with van der Waals surface area (Å²) >= 11 is 0. The zero-order chi connectivity index (χ0) is 13.2. The highest BCUT2D eigenvalue weighted by atomic mass is 15.3. The van der Waals surface area contributed by atoms with Crippen LogP contribution < -0.4 is 0 Å². The predicted octanol–water partition coefficient (Wildman–Crippen LogP) is 0.260. The summed E-state index contributed by atoms with van der Waals surface area (Å²) in [6.07, 6.45) is 2.81. The minimum atomic E-state index is 0.857. The molecule has 0 saturated carbocycles. The zero-order valence-corrected chi connectivity index (χ0v) is 12.7. The fourth-order valence-corrected chi connectivity index (χ4v) is 3.82. The van der Waals surface area contributed by atoms with E-state index < -0.39 is 0 Å². The molecule has 3 saturated heterocycles. The Hall–Kier alpha value is -0.160. The van der Waals surface area contributed by atoms with Gasteiger partial charge in [0.15, 0.2) is 0 Å². The zero-order valence-electron chi connectivity index (χ0n) is 12.7. The van der Waals surface area contributed by atoms with Crippen LogP contribution in [0, 0.1) is 5.92 Å². The summed E-state index contributed by atoms with van der Waals surface area (Å²) in [6.45, 7) is 11.7. The predicted molar refractivity (Wildman–Crippen MR) is 79.5 cm³/mol. The van der Waals surface area contributed by atoms with Gasteiger partial charge in [-0.3, -0.25) is 4.90 Å². The maximum Gasteiger partial charge on any atom is 0.0351 e. The Morgan fingerprint density at radius 2 is 1.42 bits per heavy atom. The third-order valence-corrected chi connectivity index (χ3v) is 5.32. The SMILES string of the molecule is CN1CCC(CN2CCN(C3CN(C)C3)CC2)CC1. The maximum absolute atomic E-state index is 2.72. The minimum absolute atomic E-state index is 0.857. The number of piperidine rings is 1. The van der Waals surface area contributed by atoms with Gasteiger partial charge >= 0.3 is 0 Å². The normalized spacial score (nSPS) is 30.6. The molecule has 3 fully saturated rings. The molecule has 0 radical (unpaired) electrons. The van der Waals surface area contributed by atoms with Crippen molar-refractivity contribution in [3.05, 3.63) is 0 Å². The molecule has 19 heavy (non-hydrogen) atoms. The van der Waals surface area contributed by atoms with E-state index in [0.717, 1.165) is 12.0 Å². The van der Waals surface area contributed by atoms with Crippen LogP contribution in [0.1, 0.15) is 12.8 Å². The second-order valence-electron chi connectivity index (χ2n) is 6.96. The fraction of sp³-hybridized carbons (Fsp3) is 1.00. The van der Waals surface area contributed by atoms with Crippen molar-refractivity contribution in [3.8, 4) is 0 Å². The molecule has 0 N–H and O–H groups in total. The number of likely N-dealkylation sites (tertiary alicyclic amines) is 2. The first-order valence-corrected chi connectivity index (χ1v) is 8.04. The number of likely N-dealkylation sites (N-methyl/N-ethyl adjacent to an activating group) is 1. The van der Waals surface area contributed by atoms with Gasteiger partial charge in [-0.25, -0.2) is 0 Å². The molecule has 0 atom stereocenters. The highest BCUT2D eigenvalue weighted by molar-refractivity contribution is 4.89. The second kappa shape index (κ2) is 6.08. The van der Waals surface area contributed by atoms with Crippen LogP contribution in [0.25, 0.3) is 0 Å². The first-order chi connectivity index (χ1) is 9.20. The van der Waals surface area contributed by atoms with E-state index in [0.29, 0.717) is 0 Å². The van der Waals surface area contributed by atoms with E-state index in [1.165, 1.54) is 71.7 Å². The third kappa shape index (κ3) is 3.48. The summed E-state index contributed by atoms with van der Waals surface area (Å²) in [5, 5.41) is 0. The molecule has 0 aromatic rings. The molecule has 3 heterocycles. The van der Waals surface area contributed by atoms with Crippen LogP contribution in [0.3, 0.4) is 0 Å². The van der Waals surface area contributed by atoms with Gasteiger partial charge in [0.05, 0.1) is 0 Å². The van der Waals surface area contributed by atoms with E-state index in [1.54, 1.807) is 0 Å². The molecule has 110 valence electrons. The maximum atomic E-state index is 2.72. The van der Waals surface area contributed by atoms with Crippen molar-refractivity contribution in [2.75, 3.05) is 73.0 Å². The molecule has 3 aliphatic heterocycles. The Labute approximate surface area is 118 Å². The lowest BCUT2D eigenvalue weighted by Crippen LogP contribution is -2.62. The Morgan fingerprint density at radius 3 is 2.00 bits per heavy atom. The van der Waals surface area contributed by atoms with Crippen molar-refractivity contribution in [1.29, 1.82) is 0 Å². The van der Waals surface area contributed by atoms with Crippen LogP contribution in [0.15, 0.2) is 0 Å². The van der Waals surface area contributed by atoms with E-state index in [1.807, 2.05) is 0 Å². The largest absolute Gasteiger partial charge is 0.306 e. The standard InChI is InChI=1S/C15H30N4/c1-16-5-3-14(4-6-16)11-18-7-9-19(10-8-18)15-12-17(2)13-15/h14-15H,3-13H2,1-2H3. The lowest BCUT2D eigenvalue weighted by Gasteiger charge is -2.47. The van der Waals surface area contributed by atoms with E-state index >= 15 is 0 Å². The monoisotopic (exact) mass is 266 g/mol. The molecular weight excluding hydrogens is 236 g/mol. The molecule has 0 amide bonds. The van der Waals surface area contributed by atoms with Crippen LogP contribution in [0.5, 0.6) is 0 Å². The van der Waals surface area contributed by atoms with Gasteiger partial charge in [-0.05, 0) is 45.9 Å².